The third-order valence-electron chi connectivity index (χ3n) is 7.29. The summed E-state index contributed by atoms with van der Waals surface area (Å²) in [6.07, 6.45) is 10.9. The van der Waals surface area contributed by atoms with Gasteiger partial charge >= 0.3 is 49.4 Å². The normalized spacial score (nSPS) is 18.8. The summed E-state index contributed by atoms with van der Waals surface area (Å²) in [5.74, 6) is 0.166. The number of rotatable bonds is 7. The molecule has 2 aliphatic rings. The van der Waals surface area contributed by atoms with Gasteiger partial charge in [0.1, 0.15) is 27.5 Å². The van der Waals surface area contributed by atoms with E-state index in [4.69, 9.17) is 129 Å². The number of carbonyl (C=O) groups is 6. The summed E-state index contributed by atoms with van der Waals surface area (Å²) in [6, 6.07) is 6.84. The van der Waals surface area contributed by atoms with Crippen LogP contribution in [0.25, 0.3) is 0 Å². The fraction of sp³-hybridized carbons (Fsp3) is 0.441. The Hall–Kier alpha value is 2.20. The van der Waals surface area contributed by atoms with E-state index in [0.29, 0.717) is 20.6 Å². The van der Waals surface area contributed by atoms with E-state index in [1.807, 2.05) is 24.3 Å². The van der Waals surface area contributed by atoms with E-state index in [-0.39, 0.29) is 70.3 Å². The molecule has 9 nitrogen and oxygen atoms in total. The van der Waals surface area contributed by atoms with Gasteiger partial charge in [0.15, 0.2) is 24.0 Å². The van der Waals surface area contributed by atoms with Gasteiger partial charge in [-0.05, 0) is 109 Å². The maximum absolute atomic E-state index is 11.1. The average molecular weight is 1350 g/mol. The molecule has 25 heteroatoms. The molecule has 0 aliphatic heterocycles. The molecule has 3 rings (SSSR count). The van der Waals surface area contributed by atoms with E-state index in [1.165, 1.54) is 13.8 Å². The number of allylic oxidation sites excluding steroid dienone is 4. The van der Waals surface area contributed by atoms with E-state index in [0.717, 1.165) is 25.7 Å². The second-order valence-corrected chi connectivity index (χ2v) is 33.7. The summed E-state index contributed by atoms with van der Waals surface area (Å²) in [5.41, 5.74) is 1.01. The molecule has 2 aliphatic carbocycles. The molecule has 0 amide bonds. The van der Waals surface area contributed by atoms with Crippen molar-refractivity contribution in [1.82, 2.24) is 0 Å². The first-order chi connectivity index (χ1) is 27.1. The molecule has 6 N–H and O–H groups in total. The van der Waals surface area contributed by atoms with Crippen molar-refractivity contribution in [2.45, 2.75) is 72.1 Å². The van der Waals surface area contributed by atoms with E-state index < -0.39 is 34.5 Å². The molecule has 7 unspecified atom stereocenters. The zero-order valence-electron chi connectivity index (χ0n) is 32.2. The van der Waals surface area contributed by atoms with Gasteiger partial charge in [0.05, 0.1) is 0 Å². The monoisotopic (exact) mass is 1340 g/mol. The van der Waals surface area contributed by atoms with Gasteiger partial charge in [0, 0.05) is 54.6 Å². The number of alkyl halides is 2. The van der Waals surface area contributed by atoms with Gasteiger partial charge in [-0.25, -0.2) is 0 Å². The van der Waals surface area contributed by atoms with Crippen molar-refractivity contribution in [3.05, 3.63) is 59.7 Å². The van der Waals surface area contributed by atoms with Gasteiger partial charge in [-0.15, -0.1) is 0 Å². The third kappa shape index (κ3) is 36.1. The van der Waals surface area contributed by atoms with Crippen LogP contribution in [-0.4, -0.2) is 51.4 Å². The van der Waals surface area contributed by atoms with Crippen LogP contribution in [0.5, 0.6) is 0 Å². The molecule has 0 fully saturated rings. The van der Waals surface area contributed by atoms with Gasteiger partial charge in [0.25, 0.3) is 0 Å². The molecular formula is C34H45Cl10I2N3O6S3V. The Balaban J connectivity index is -0.000000310. The van der Waals surface area contributed by atoms with Crippen LogP contribution in [0.3, 0.4) is 0 Å². The number of nitrogens with two attached hydrogens (primary N) is 3. The van der Waals surface area contributed by atoms with Crippen LogP contribution < -0.4 is 15.4 Å². The van der Waals surface area contributed by atoms with Crippen molar-refractivity contribution in [1.29, 1.82) is 0 Å². The summed E-state index contributed by atoms with van der Waals surface area (Å²) in [6.45, 7) is 9.20. The maximum atomic E-state index is 11.1. The molecular weight excluding hydrogens is 1300 g/mol. The second kappa shape index (κ2) is 40.5. The number of ketones is 6. The first kappa shape index (κ1) is 67.8. The Labute approximate surface area is 432 Å². The summed E-state index contributed by atoms with van der Waals surface area (Å²) in [7, 11) is 13.3. The van der Waals surface area contributed by atoms with E-state index >= 15 is 0 Å². The molecule has 1 aromatic carbocycles. The number of hydrogen-bond acceptors (Lipinski definition) is 9. The zero-order valence-corrected chi connectivity index (χ0v) is 47.9. The Morgan fingerprint density at radius 3 is 0.864 bits per heavy atom. The number of hydrogen-bond donors (Lipinski definition) is 3. The molecule has 0 radical (unpaired) electrons. The quantitative estimate of drug-likeness (QED) is 0.0598. The van der Waals surface area contributed by atoms with Crippen LogP contribution in [0, 0.1) is 23.7 Å². The molecule has 0 saturated heterocycles. The fourth-order valence-corrected chi connectivity index (χ4v) is 5.89. The number of halogens is 12. The van der Waals surface area contributed by atoms with Crippen LogP contribution in [0.2, 0.25) is 0 Å². The molecule has 0 saturated carbocycles. The summed E-state index contributed by atoms with van der Waals surface area (Å²) in [4.78, 5) is 65.8. The van der Waals surface area contributed by atoms with Crippen LogP contribution >= 0.6 is 183 Å². The van der Waals surface area contributed by atoms with Crippen molar-refractivity contribution in [2.24, 2.45) is 39.1 Å². The summed E-state index contributed by atoms with van der Waals surface area (Å²) >= 11 is 40.8. The molecule has 7 atom stereocenters. The number of Topliss-reactive ketones (excluding diaryl/α,β-unsaturated/α-hetero) is 6. The standard InChI is InChI=1S/2C10H14O2.C10H10O2.C2H3Cl4NS.2CH2Cl3NS.2HI.V/c3*1-7(11)9-5-3-4-6-10(9)8(2)12;3-1(4)2(5)8(6)7;2*2-1(3)6(4)5;;;/h2*3-4,9-10H,5-6H2,1-2H3;3-6H,1-2H3;1H,7H2;2*5H2;2*1H;/q;;;;;;;;+2/p-2. The zero-order chi connectivity index (χ0) is 47.2. The van der Waals surface area contributed by atoms with Crippen molar-refractivity contribution >= 4 is 229 Å². The molecule has 0 bridgehead atoms. The van der Waals surface area contributed by atoms with Crippen LogP contribution in [0.1, 0.15) is 87.9 Å². The first-order valence-electron chi connectivity index (χ1n) is 16.1. The average Bonchev–Trinajstić information content (AvgIpc) is 3.15. The molecule has 59 heavy (non-hydrogen) atoms. The van der Waals surface area contributed by atoms with E-state index in [1.54, 1.807) is 52.0 Å². The van der Waals surface area contributed by atoms with Gasteiger partial charge < -0.3 is 0 Å². The predicted molar refractivity (Wildman–Crippen MR) is 281 cm³/mol. The van der Waals surface area contributed by atoms with E-state index in [9.17, 15) is 28.8 Å². The van der Waals surface area contributed by atoms with Gasteiger partial charge in [-0.3, -0.25) is 44.2 Å². The summed E-state index contributed by atoms with van der Waals surface area (Å²) < 4.78 is 0.225. The minimum atomic E-state index is -1.000. The number of benzene rings is 1. The topological polar surface area (TPSA) is 180 Å². The Bertz CT molecular complexity index is 1520. The first-order valence-corrected chi connectivity index (χ1v) is 34.2. The SMILES string of the molecule is CC(=O)C1CC=CCC1C(C)=O.CC(=O)C1CC=CCC1C(C)=O.CC(=O)c1ccccc1C(C)=O.N/S(Cl)=C(\Cl)C(Cl)Cl.NS(Cl)=C(Cl)Cl.NS(Cl)=C(Cl)Cl.[I][V][I]. The number of carbonyl (C=O) groups excluding carboxylic acids is 6. The Morgan fingerprint density at radius 2 is 0.763 bits per heavy atom. The van der Waals surface area contributed by atoms with Crippen LogP contribution in [0.15, 0.2) is 48.6 Å². The third-order valence-corrected chi connectivity index (χ3v) is 14.7. The summed E-state index contributed by atoms with van der Waals surface area (Å²) in [5, 5.41) is 14.9. The van der Waals surface area contributed by atoms with Crippen molar-refractivity contribution in [3.8, 4) is 0 Å². The molecule has 0 heterocycles. The molecule has 339 valence electrons. The van der Waals surface area contributed by atoms with Crippen LogP contribution in [0.4, 0.5) is 0 Å². The minimum absolute atomic E-state index is 0.0247. The fourth-order valence-electron chi connectivity index (χ4n) is 4.61. The molecule has 0 aromatic heterocycles. The molecule has 1 aromatic rings. The van der Waals surface area contributed by atoms with Crippen molar-refractivity contribution < 1.29 is 38.2 Å². The second-order valence-electron chi connectivity index (χ2n) is 11.4. The predicted octanol–water partition coefficient (Wildman–Crippen LogP) is 13.5. The Morgan fingerprint density at radius 1 is 0.559 bits per heavy atom. The van der Waals surface area contributed by atoms with Gasteiger partial charge in [0.2, 0.25) is 0 Å². The van der Waals surface area contributed by atoms with Crippen molar-refractivity contribution in [3.63, 3.8) is 0 Å². The van der Waals surface area contributed by atoms with Gasteiger partial charge in [-0.2, -0.15) is 0 Å². The van der Waals surface area contributed by atoms with Crippen molar-refractivity contribution in [2.75, 3.05) is 0 Å². The van der Waals surface area contributed by atoms with Gasteiger partial charge in [-0.1, -0.05) is 130 Å². The molecule has 0 spiro atoms. The van der Waals surface area contributed by atoms with E-state index in [2.05, 4.69) is 40.0 Å². The Kier molecular flexibility index (Phi) is 46.5. The van der Waals surface area contributed by atoms with Crippen LogP contribution in [-0.2, 0) is 28.6 Å².